The van der Waals surface area contributed by atoms with Crippen molar-refractivity contribution in [1.82, 2.24) is 0 Å². The molecule has 0 fully saturated rings. The van der Waals surface area contributed by atoms with E-state index >= 15 is 0 Å². The highest BCUT2D eigenvalue weighted by Gasteiger charge is 2.19. The van der Waals surface area contributed by atoms with Crippen molar-refractivity contribution in [1.29, 1.82) is 0 Å². The summed E-state index contributed by atoms with van der Waals surface area (Å²) in [5.74, 6) is -0.0828. The van der Waals surface area contributed by atoms with Crippen molar-refractivity contribution >= 4 is 33.2 Å². The average molecular weight is 333 g/mol. The van der Waals surface area contributed by atoms with E-state index in [9.17, 15) is 4.79 Å². The molecule has 1 amide bonds. The van der Waals surface area contributed by atoms with Gasteiger partial charge in [0, 0.05) is 22.4 Å². The van der Waals surface area contributed by atoms with Gasteiger partial charge in [0.05, 0.1) is 5.56 Å². The van der Waals surface area contributed by atoms with Crippen LogP contribution in [0, 0.1) is 6.92 Å². The van der Waals surface area contributed by atoms with Crippen LogP contribution in [0.5, 0.6) is 0 Å². The molecular weight excluding hydrogens is 316 g/mol. The molecule has 0 spiro atoms. The minimum Gasteiger partial charge on any atom is -0.398 e. The number of aryl methyl sites for hydroxylation is 1. The molecule has 20 heavy (non-hydrogen) atoms. The molecule has 0 bridgehead atoms. The topological polar surface area (TPSA) is 46.3 Å². The Morgan fingerprint density at radius 1 is 1.25 bits per heavy atom. The number of carbonyl (C=O) groups is 1. The lowest BCUT2D eigenvalue weighted by Crippen LogP contribution is -2.31. The summed E-state index contributed by atoms with van der Waals surface area (Å²) in [5.41, 5.74) is 8.92. The number of anilines is 2. The predicted molar refractivity (Wildman–Crippen MR) is 87.1 cm³/mol. The highest BCUT2D eigenvalue weighted by Crippen LogP contribution is 2.25. The third-order valence-corrected chi connectivity index (χ3v) is 3.71. The highest BCUT2D eigenvalue weighted by molar-refractivity contribution is 9.10. The fourth-order valence-electron chi connectivity index (χ4n) is 2.15. The lowest BCUT2D eigenvalue weighted by molar-refractivity contribution is 0.0989. The van der Waals surface area contributed by atoms with Gasteiger partial charge < -0.3 is 10.6 Å². The van der Waals surface area contributed by atoms with Crippen molar-refractivity contribution in [3.8, 4) is 0 Å². The molecule has 2 rings (SSSR count). The summed E-state index contributed by atoms with van der Waals surface area (Å²) in [6.07, 6.45) is 0. The van der Waals surface area contributed by atoms with E-state index in [0.717, 1.165) is 15.7 Å². The van der Waals surface area contributed by atoms with Crippen LogP contribution in [-0.2, 0) is 0 Å². The second-order valence-corrected chi connectivity index (χ2v) is 5.48. The van der Waals surface area contributed by atoms with Gasteiger partial charge in [-0.3, -0.25) is 4.79 Å². The van der Waals surface area contributed by atoms with Gasteiger partial charge in [0.15, 0.2) is 0 Å². The second-order valence-electron chi connectivity index (χ2n) is 4.57. The van der Waals surface area contributed by atoms with Crippen LogP contribution in [0.15, 0.2) is 46.9 Å². The Kier molecular flexibility index (Phi) is 4.45. The largest absolute Gasteiger partial charge is 0.398 e. The Hall–Kier alpha value is -1.81. The zero-order chi connectivity index (χ0) is 14.7. The number of benzene rings is 2. The zero-order valence-corrected chi connectivity index (χ0v) is 13.1. The van der Waals surface area contributed by atoms with E-state index in [2.05, 4.69) is 15.9 Å². The van der Waals surface area contributed by atoms with Gasteiger partial charge in [-0.25, -0.2) is 0 Å². The predicted octanol–water partition coefficient (Wildman–Crippen LogP) is 4.01. The van der Waals surface area contributed by atoms with Gasteiger partial charge in [-0.2, -0.15) is 0 Å². The third-order valence-electron chi connectivity index (χ3n) is 3.21. The molecule has 4 heteroatoms. The number of nitrogen functional groups attached to an aromatic ring is 1. The van der Waals surface area contributed by atoms with E-state index in [1.807, 2.05) is 44.2 Å². The van der Waals surface area contributed by atoms with Crippen LogP contribution in [0.2, 0.25) is 0 Å². The van der Waals surface area contributed by atoms with Crippen LogP contribution in [0.3, 0.4) is 0 Å². The van der Waals surface area contributed by atoms with Crippen molar-refractivity contribution in [2.45, 2.75) is 13.8 Å². The number of carbonyl (C=O) groups excluding carboxylic acids is 1. The number of para-hydroxylation sites is 1. The fraction of sp³-hybridized carbons (Fsp3) is 0.188. The van der Waals surface area contributed by atoms with Crippen molar-refractivity contribution in [2.24, 2.45) is 0 Å². The molecule has 2 aromatic rings. The van der Waals surface area contributed by atoms with Gasteiger partial charge in [0.1, 0.15) is 0 Å². The zero-order valence-electron chi connectivity index (χ0n) is 11.6. The smallest absolute Gasteiger partial charge is 0.260 e. The first-order chi connectivity index (χ1) is 9.54. The number of rotatable bonds is 3. The SMILES string of the molecule is CCN(C(=O)c1cc(Br)ccc1N)c1ccccc1C. The molecule has 0 aliphatic carbocycles. The van der Waals surface area contributed by atoms with E-state index in [-0.39, 0.29) is 5.91 Å². The first kappa shape index (κ1) is 14.6. The number of nitrogens with two attached hydrogens (primary N) is 1. The maximum atomic E-state index is 12.7. The number of halogens is 1. The number of amides is 1. The summed E-state index contributed by atoms with van der Waals surface area (Å²) in [7, 11) is 0. The molecule has 0 radical (unpaired) electrons. The van der Waals surface area contributed by atoms with Gasteiger partial charge >= 0.3 is 0 Å². The van der Waals surface area contributed by atoms with Crippen LogP contribution in [0.1, 0.15) is 22.8 Å². The molecule has 2 aromatic carbocycles. The Labute approximate surface area is 127 Å². The van der Waals surface area contributed by atoms with Crippen LogP contribution in [-0.4, -0.2) is 12.5 Å². The molecule has 3 nitrogen and oxygen atoms in total. The summed E-state index contributed by atoms with van der Waals surface area (Å²) in [6.45, 7) is 4.55. The summed E-state index contributed by atoms with van der Waals surface area (Å²) < 4.78 is 0.843. The molecule has 104 valence electrons. The molecule has 0 atom stereocenters. The molecule has 0 saturated carbocycles. The number of nitrogens with zero attached hydrogens (tertiary/aromatic N) is 1. The monoisotopic (exact) mass is 332 g/mol. The summed E-state index contributed by atoms with van der Waals surface area (Å²) >= 11 is 3.38. The van der Waals surface area contributed by atoms with Crippen molar-refractivity contribution in [3.05, 3.63) is 58.1 Å². The molecule has 0 saturated heterocycles. The highest BCUT2D eigenvalue weighted by atomic mass is 79.9. The molecular formula is C16H17BrN2O. The number of hydrogen-bond donors (Lipinski definition) is 1. The Bertz CT molecular complexity index is 640. The van der Waals surface area contributed by atoms with E-state index in [1.54, 1.807) is 17.0 Å². The van der Waals surface area contributed by atoms with Gasteiger partial charge in [0.25, 0.3) is 5.91 Å². The summed E-state index contributed by atoms with van der Waals surface area (Å²) in [4.78, 5) is 14.5. The Balaban J connectivity index is 2.45. The Morgan fingerprint density at radius 2 is 1.95 bits per heavy atom. The quantitative estimate of drug-likeness (QED) is 0.863. The van der Waals surface area contributed by atoms with E-state index < -0.39 is 0 Å². The van der Waals surface area contributed by atoms with Crippen LogP contribution in [0.4, 0.5) is 11.4 Å². The normalized spacial score (nSPS) is 10.3. The average Bonchev–Trinajstić information content (AvgIpc) is 2.44. The van der Waals surface area contributed by atoms with Crippen molar-refractivity contribution in [2.75, 3.05) is 17.2 Å². The van der Waals surface area contributed by atoms with E-state index in [1.165, 1.54) is 0 Å². The summed E-state index contributed by atoms with van der Waals surface area (Å²) in [6, 6.07) is 13.2. The molecule has 2 N–H and O–H groups in total. The second kappa shape index (κ2) is 6.09. The van der Waals surface area contributed by atoms with Gasteiger partial charge in [-0.05, 0) is 43.7 Å². The minimum atomic E-state index is -0.0828. The third kappa shape index (κ3) is 2.85. The molecule has 0 aromatic heterocycles. The van der Waals surface area contributed by atoms with E-state index in [0.29, 0.717) is 17.8 Å². The summed E-state index contributed by atoms with van der Waals surface area (Å²) in [5, 5.41) is 0. The fourth-order valence-corrected chi connectivity index (χ4v) is 2.51. The van der Waals surface area contributed by atoms with Gasteiger partial charge in [-0.1, -0.05) is 34.1 Å². The van der Waals surface area contributed by atoms with Crippen LogP contribution in [0.25, 0.3) is 0 Å². The molecule has 0 heterocycles. The Morgan fingerprint density at radius 3 is 2.60 bits per heavy atom. The lowest BCUT2D eigenvalue weighted by atomic mass is 10.1. The van der Waals surface area contributed by atoms with Gasteiger partial charge in [-0.15, -0.1) is 0 Å². The molecule has 0 aliphatic rings. The maximum absolute atomic E-state index is 12.7. The lowest BCUT2D eigenvalue weighted by Gasteiger charge is -2.23. The minimum absolute atomic E-state index is 0.0828. The first-order valence-corrected chi connectivity index (χ1v) is 7.26. The number of hydrogen-bond acceptors (Lipinski definition) is 2. The van der Waals surface area contributed by atoms with Crippen molar-refractivity contribution < 1.29 is 4.79 Å². The maximum Gasteiger partial charge on any atom is 0.260 e. The van der Waals surface area contributed by atoms with Crippen LogP contribution < -0.4 is 10.6 Å². The first-order valence-electron chi connectivity index (χ1n) is 6.47. The van der Waals surface area contributed by atoms with Gasteiger partial charge in [0.2, 0.25) is 0 Å². The molecule has 0 aliphatic heterocycles. The molecule has 0 unspecified atom stereocenters. The van der Waals surface area contributed by atoms with Crippen LogP contribution >= 0.6 is 15.9 Å². The standard InChI is InChI=1S/C16H17BrN2O/c1-3-19(15-7-5-4-6-11(15)2)16(20)13-10-12(17)8-9-14(13)18/h4-10H,3,18H2,1-2H3. The van der Waals surface area contributed by atoms with Crippen molar-refractivity contribution in [3.63, 3.8) is 0 Å². The van der Waals surface area contributed by atoms with E-state index in [4.69, 9.17) is 5.73 Å².